The van der Waals surface area contributed by atoms with Gasteiger partial charge in [0.05, 0.1) is 11.6 Å². The molecular weight excluding hydrogens is 216 g/mol. The van der Waals surface area contributed by atoms with E-state index in [4.69, 9.17) is 0 Å². The normalized spacial score (nSPS) is 38.0. The van der Waals surface area contributed by atoms with Crippen LogP contribution in [0.2, 0.25) is 0 Å². The lowest BCUT2D eigenvalue weighted by Gasteiger charge is -2.32. The SMILES string of the molecule is CCC1(C(=O)NC2CCCC(O)C2)CCCN1. The van der Waals surface area contributed by atoms with Crippen molar-refractivity contribution in [3.8, 4) is 0 Å². The summed E-state index contributed by atoms with van der Waals surface area (Å²) in [6, 6.07) is 0.164. The van der Waals surface area contributed by atoms with Gasteiger partial charge < -0.3 is 15.7 Å². The number of rotatable bonds is 3. The molecule has 1 saturated carbocycles. The first-order chi connectivity index (χ1) is 8.16. The van der Waals surface area contributed by atoms with Crippen LogP contribution in [0.1, 0.15) is 51.9 Å². The summed E-state index contributed by atoms with van der Waals surface area (Å²) in [5.74, 6) is 0.136. The zero-order chi connectivity index (χ0) is 12.3. The molecule has 1 aliphatic heterocycles. The Bertz CT molecular complexity index is 275. The fourth-order valence-electron chi connectivity index (χ4n) is 3.08. The minimum absolute atomic E-state index is 0.136. The molecule has 17 heavy (non-hydrogen) atoms. The van der Waals surface area contributed by atoms with Gasteiger partial charge in [-0.1, -0.05) is 6.92 Å². The number of nitrogens with one attached hydrogen (secondary N) is 2. The Morgan fingerprint density at radius 1 is 1.47 bits per heavy atom. The minimum atomic E-state index is -0.345. The first kappa shape index (κ1) is 12.8. The monoisotopic (exact) mass is 240 g/mol. The molecular formula is C13H24N2O2. The van der Waals surface area contributed by atoms with Crippen molar-refractivity contribution in [2.45, 2.75) is 69.6 Å². The summed E-state index contributed by atoms with van der Waals surface area (Å²) in [6.07, 6.45) is 6.23. The summed E-state index contributed by atoms with van der Waals surface area (Å²) in [5.41, 5.74) is -0.345. The zero-order valence-corrected chi connectivity index (χ0v) is 10.7. The highest BCUT2D eigenvalue weighted by Gasteiger charge is 2.40. The van der Waals surface area contributed by atoms with Crippen molar-refractivity contribution in [3.63, 3.8) is 0 Å². The van der Waals surface area contributed by atoms with Gasteiger partial charge in [0.2, 0.25) is 5.91 Å². The number of aliphatic hydroxyl groups excluding tert-OH is 1. The molecule has 0 spiro atoms. The zero-order valence-electron chi connectivity index (χ0n) is 10.7. The van der Waals surface area contributed by atoms with E-state index >= 15 is 0 Å². The standard InChI is InChI=1S/C13H24N2O2/c1-2-13(7-4-8-14-13)12(17)15-10-5-3-6-11(16)9-10/h10-11,14,16H,2-9H2,1H3,(H,15,17). The predicted octanol–water partition coefficient (Wildman–Crippen LogP) is 0.938. The Morgan fingerprint density at radius 3 is 2.88 bits per heavy atom. The van der Waals surface area contributed by atoms with Gasteiger partial charge in [-0.25, -0.2) is 0 Å². The maximum absolute atomic E-state index is 12.3. The van der Waals surface area contributed by atoms with Crippen LogP contribution in [0.15, 0.2) is 0 Å². The topological polar surface area (TPSA) is 61.4 Å². The number of aliphatic hydroxyl groups is 1. The molecule has 2 fully saturated rings. The summed E-state index contributed by atoms with van der Waals surface area (Å²) in [6.45, 7) is 3.00. The van der Waals surface area contributed by atoms with E-state index in [0.717, 1.165) is 45.1 Å². The Hall–Kier alpha value is -0.610. The molecule has 3 N–H and O–H groups in total. The number of carbonyl (C=O) groups is 1. The van der Waals surface area contributed by atoms with E-state index < -0.39 is 0 Å². The van der Waals surface area contributed by atoms with Crippen LogP contribution < -0.4 is 10.6 Å². The molecule has 0 bridgehead atoms. The minimum Gasteiger partial charge on any atom is -0.393 e. The second kappa shape index (κ2) is 5.36. The summed E-state index contributed by atoms with van der Waals surface area (Å²) in [7, 11) is 0. The molecule has 1 aliphatic carbocycles. The molecule has 2 aliphatic rings. The molecule has 0 aromatic carbocycles. The highest BCUT2D eigenvalue weighted by Crippen LogP contribution is 2.25. The quantitative estimate of drug-likeness (QED) is 0.688. The maximum Gasteiger partial charge on any atom is 0.240 e. The van der Waals surface area contributed by atoms with Gasteiger partial charge in [0, 0.05) is 6.04 Å². The third-order valence-electron chi connectivity index (χ3n) is 4.26. The van der Waals surface area contributed by atoms with Gasteiger partial charge in [-0.3, -0.25) is 4.79 Å². The van der Waals surface area contributed by atoms with Crippen LogP contribution in [0.25, 0.3) is 0 Å². The number of amides is 1. The molecule has 2 rings (SSSR count). The maximum atomic E-state index is 12.3. The largest absolute Gasteiger partial charge is 0.393 e. The van der Waals surface area contributed by atoms with Crippen molar-refractivity contribution < 1.29 is 9.90 Å². The van der Waals surface area contributed by atoms with E-state index in [9.17, 15) is 9.90 Å². The summed E-state index contributed by atoms with van der Waals surface area (Å²) < 4.78 is 0. The Balaban J connectivity index is 1.91. The molecule has 1 heterocycles. The van der Waals surface area contributed by atoms with Crippen LogP contribution in [0.4, 0.5) is 0 Å². The van der Waals surface area contributed by atoms with Crippen molar-refractivity contribution >= 4 is 5.91 Å². The van der Waals surface area contributed by atoms with Gasteiger partial charge in [-0.05, 0) is 51.5 Å². The molecule has 3 unspecified atom stereocenters. The van der Waals surface area contributed by atoms with Gasteiger partial charge in [-0.2, -0.15) is 0 Å². The Labute approximate surface area is 103 Å². The number of carbonyl (C=O) groups excluding carboxylic acids is 1. The average molecular weight is 240 g/mol. The van der Waals surface area contributed by atoms with Gasteiger partial charge in [0.1, 0.15) is 0 Å². The lowest BCUT2D eigenvalue weighted by Crippen LogP contribution is -2.56. The van der Waals surface area contributed by atoms with Crippen molar-refractivity contribution in [1.82, 2.24) is 10.6 Å². The first-order valence-corrected chi connectivity index (χ1v) is 6.90. The van der Waals surface area contributed by atoms with Crippen molar-refractivity contribution in [2.24, 2.45) is 0 Å². The van der Waals surface area contributed by atoms with E-state index in [-0.39, 0.29) is 23.6 Å². The third-order valence-corrected chi connectivity index (χ3v) is 4.26. The van der Waals surface area contributed by atoms with Crippen molar-refractivity contribution in [1.29, 1.82) is 0 Å². The second-order valence-corrected chi connectivity index (χ2v) is 5.46. The predicted molar refractivity (Wildman–Crippen MR) is 66.7 cm³/mol. The summed E-state index contributed by atoms with van der Waals surface area (Å²) in [4.78, 5) is 12.3. The van der Waals surface area contributed by atoms with Crippen LogP contribution in [0, 0.1) is 0 Å². The van der Waals surface area contributed by atoms with Crippen LogP contribution >= 0.6 is 0 Å². The lowest BCUT2D eigenvalue weighted by molar-refractivity contribution is -0.128. The Kier molecular flexibility index (Phi) is 4.05. The molecule has 0 aromatic rings. The molecule has 4 nitrogen and oxygen atoms in total. The van der Waals surface area contributed by atoms with Crippen molar-refractivity contribution in [3.05, 3.63) is 0 Å². The van der Waals surface area contributed by atoms with Crippen LogP contribution in [-0.4, -0.2) is 35.2 Å². The molecule has 0 radical (unpaired) electrons. The van der Waals surface area contributed by atoms with E-state index in [2.05, 4.69) is 17.6 Å². The molecule has 4 heteroatoms. The molecule has 98 valence electrons. The highest BCUT2D eigenvalue weighted by molar-refractivity contribution is 5.86. The van der Waals surface area contributed by atoms with Gasteiger partial charge in [-0.15, -0.1) is 0 Å². The van der Waals surface area contributed by atoms with Gasteiger partial charge in [0.15, 0.2) is 0 Å². The van der Waals surface area contributed by atoms with Crippen molar-refractivity contribution in [2.75, 3.05) is 6.54 Å². The number of hydrogen-bond acceptors (Lipinski definition) is 3. The van der Waals surface area contributed by atoms with Crippen LogP contribution in [-0.2, 0) is 4.79 Å². The van der Waals surface area contributed by atoms with E-state index in [0.29, 0.717) is 6.42 Å². The molecule has 0 aromatic heterocycles. The molecule has 1 saturated heterocycles. The first-order valence-electron chi connectivity index (χ1n) is 6.90. The summed E-state index contributed by atoms with van der Waals surface area (Å²) >= 11 is 0. The van der Waals surface area contributed by atoms with E-state index in [1.54, 1.807) is 0 Å². The van der Waals surface area contributed by atoms with E-state index in [1.807, 2.05) is 0 Å². The van der Waals surface area contributed by atoms with Gasteiger partial charge in [0.25, 0.3) is 0 Å². The average Bonchev–Trinajstić information content (AvgIpc) is 2.78. The summed E-state index contributed by atoms with van der Waals surface area (Å²) in [5, 5.41) is 16.1. The van der Waals surface area contributed by atoms with Crippen LogP contribution in [0.3, 0.4) is 0 Å². The second-order valence-electron chi connectivity index (χ2n) is 5.46. The molecule has 1 amide bonds. The van der Waals surface area contributed by atoms with Gasteiger partial charge >= 0.3 is 0 Å². The lowest BCUT2D eigenvalue weighted by atomic mass is 9.89. The Morgan fingerprint density at radius 2 is 2.29 bits per heavy atom. The number of hydrogen-bond donors (Lipinski definition) is 3. The fraction of sp³-hybridized carbons (Fsp3) is 0.923. The smallest absolute Gasteiger partial charge is 0.240 e. The highest BCUT2D eigenvalue weighted by atomic mass is 16.3. The van der Waals surface area contributed by atoms with E-state index in [1.165, 1.54) is 0 Å². The fourth-order valence-corrected chi connectivity index (χ4v) is 3.08. The van der Waals surface area contributed by atoms with Crippen LogP contribution in [0.5, 0.6) is 0 Å². The third kappa shape index (κ3) is 2.80. The molecule has 3 atom stereocenters.